The van der Waals surface area contributed by atoms with Crippen molar-refractivity contribution in [2.45, 2.75) is 31.9 Å². The van der Waals surface area contributed by atoms with Crippen LogP contribution in [0.4, 0.5) is 5.69 Å². The Morgan fingerprint density at radius 3 is 2.06 bits per heavy atom. The van der Waals surface area contributed by atoms with E-state index in [0.717, 1.165) is 12.5 Å². The lowest BCUT2D eigenvalue weighted by atomic mass is 10.0. The molecular weight excluding hydrogens is 254 g/mol. The number of aliphatic carboxylic acids is 1. The molecule has 1 atom stereocenters. The quantitative estimate of drug-likeness (QED) is 0.858. The van der Waals surface area contributed by atoms with E-state index in [2.05, 4.69) is 4.72 Å². The zero-order valence-corrected chi connectivity index (χ0v) is 11.4. The summed E-state index contributed by atoms with van der Waals surface area (Å²) in [6.07, 6.45) is 0. The summed E-state index contributed by atoms with van der Waals surface area (Å²) in [5, 5.41) is 7.21. The van der Waals surface area contributed by atoms with Crippen LogP contribution in [0.3, 0.4) is 0 Å². The van der Waals surface area contributed by atoms with E-state index in [-0.39, 0.29) is 0 Å². The molecule has 0 radical (unpaired) electrons. The van der Waals surface area contributed by atoms with Gasteiger partial charge in [-0.2, -0.15) is 0 Å². The normalized spacial score (nSPS) is 13.3. The van der Waals surface area contributed by atoms with Gasteiger partial charge in [0.15, 0.2) is 5.25 Å². The number of carbonyl (C=O) groups is 1. The molecule has 6 heteroatoms. The lowest BCUT2D eigenvalue weighted by Crippen LogP contribution is -2.32. The minimum absolute atomic E-state index is 0.355. The molecule has 0 heterocycles. The highest BCUT2D eigenvalue weighted by molar-refractivity contribution is 7.94. The van der Waals surface area contributed by atoms with Gasteiger partial charge in [0.25, 0.3) is 0 Å². The van der Waals surface area contributed by atoms with Crippen molar-refractivity contribution < 1.29 is 18.3 Å². The molecule has 0 bridgehead atoms. The third-order valence-corrected chi connectivity index (χ3v) is 4.30. The summed E-state index contributed by atoms with van der Waals surface area (Å²) in [4.78, 5) is 10.7. The topological polar surface area (TPSA) is 83.5 Å². The third-order valence-electron chi connectivity index (χ3n) is 2.65. The van der Waals surface area contributed by atoms with Crippen molar-refractivity contribution in [3.63, 3.8) is 0 Å². The molecule has 5 nitrogen and oxygen atoms in total. The summed E-state index contributed by atoms with van der Waals surface area (Å²) >= 11 is 0. The van der Waals surface area contributed by atoms with E-state index >= 15 is 0 Å². The fourth-order valence-electron chi connectivity index (χ4n) is 1.32. The molecule has 18 heavy (non-hydrogen) atoms. The van der Waals surface area contributed by atoms with Crippen molar-refractivity contribution in [1.29, 1.82) is 0 Å². The first kappa shape index (κ1) is 14.5. The van der Waals surface area contributed by atoms with E-state index in [1.165, 1.54) is 0 Å². The molecule has 0 aliphatic heterocycles. The molecule has 0 spiro atoms. The number of rotatable bonds is 5. The maximum Gasteiger partial charge on any atom is 0.323 e. The molecule has 1 unspecified atom stereocenters. The van der Waals surface area contributed by atoms with Gasteiger partial charge in [0, 0.05) is 5.69 Å². The second kappa shape index (κ2) is 5.39. The highest BCUT2D eigenvalue weighted by Crippen LogP contribution is 2.18. The Hall–Kier alpha value is -1.56. The average Bonchev–Trinajstić information content (AvgIpc) is 2.28. The zero-order valence-electron chi connectivity index (χ0n) is 10.5. The molecule has 0 saturated carbocycles. The molecule has 0 fully saturated rings. The second-order valence-electron chi connectivity index (χ2n) is 4.40. The van der Waals surface area contributed by atoms with Crippen LogP contribution in [0.2, 0.25) is 0 Å². The summed E-state index contributed by atoms with van der Waals surface area (Å²) in [7, 11) is -3.90. The number of carboxylic acids is 1. The van der Waals surface area contributed by atoms with Crippen LogP contribution in [0.1, 0.15) is 32.3 Å². The first-order chi connectivity index (χ1) is 8.24. The first-order valence-electron chi connectivity index (χ1n) is 5.58. The maximum absolute atomic E-state index is 11.7. The number of nitrogens with one attached hydrogen (secondary N) is 1. The number of anilines is 1. The van der Waals surface area contributed by atoms with Crippen LogP contribution >= 0.6 is 0 Å². The molecule has 1 rings (SSSR count). The van der Waals surface area contributed by atoms with Gasteiger partial charge in [0.05, 0.1) is 0 Å². The zero-order chi connectivity index (χ0) is 13.9. The second-order valence-corrected chi connectivity index (χ2v) is 6.41. The van der Waals surface area contributed by atoms with Gasteiger partial charge in [-0.3, -0.25) is 9.52 Å². The molecule has 2 N–H and O–H groups in total. The Balaban J connectivity index is 2.88. The van der Waals surface area contributed by atoms with Crippen molar-refractivity contribution in [2.24, 2.45) is 0 Å². The Morgan fingerprint density at radius 2 is 1.67 bits per heavy atom. The summed E-state index contributed by atoms with van der Waals surface area (Å²) in [6, 6.07) is 6.88. The van der Waals surface area contributed by atoms with E-state index in [1.54, 1.807) is 12.1 Å². The SMILES string of the molecule is CC(C)c1ccc(NS(=O)(=O)C(C)C(=O)O)cc1. The predicted octanol–water partition coefficient (Wildman–Crippen LogP) is 2.02. The monoisotopic (exact) mass is 271 g/mol. The Kier molecular flexibility index (Phi) is 4.34. The van der Waals surface area contributed by atoms with Crippen LogP contribution in [0.15, 0.2) is 24.3 Å². The fraction of sp³-hybridized carbons (Fsp3) is 0.417. The van der Waals surface area contributed by atoms with Crippen LogP contribution < -0.4 is 4.72 Å². The number of carboxylic acid groups (broad SMARTS) is 1. The fourth-order valence-corrected chi connectivity index (χ4v) is 2.23. The van der Waals surface area contributed by atoms with Crippen molar-refractivity contribution in [1.82, 2.24) is 0 Å². The molecule has 0 aliphatic carbocycles. The summed E-state index contributed by atoms with van der Waals surface area (Å²) in [5.41, 5.74) is 1.46. The summed E-state index contributed by atoms with van der Waals surface area (Å²) in [5.74, 6) is -1.02. The Labute approximate surface area is 107 Å². The number of hydrogen-bond acceptors (Lipinski definition) is 3. The lowest BCUT2D eigenvalue weighted by Gasteiger charge is -2.12. The van der Waals surface area contributed by atoms with Crippen molar-refractivity contribution in [3.8, 4) is 0 Å². The summed E-state index contributed by atoms with van der Waals surface area (Å²) < 4.78 is 25.6. The molecule has 0 saturated heterocycles. The average molecular weight is 271 g/mol. The van der Waals surface area contributed by atoms with Crippen LogP contribution in [0, 0.1) is 0 Å². The standard InChI is InChI=1S/C12H17NO4S/c1-8(2)10-4-6-11(7-5-10)13-18(16,17)9(3)12(14)15/h4-9,13H,1-3H3,(H,14,15). The van der Waals surface area contributed by atoms with E-state index in [4.69, 9.17) is 5.11 Å². The maximum atomic E-state index is 11.7. The molecular formula is C12H17NO4S. The van der Waals surface area contributed by atoms with Crippen LogP contribution in [-0.2, 0) is 14.8 Å². The van der Waals surface area contributed by atoms with E-state index in [9.17, 15) is 13.2 Å². The molecule has 0 amide bonds. The van der Waals surface area contributed by atoms with Crippen molar-refractivity contribution in [3.05, 3.63) is 29.8 Å². The minimum atomic E-state index is -3.90. The van der Waals surface area contributed by atoms with E-state index < -0.39 is 21.2 Å². The van der Waals surface area contributed by atoms with Gasteiger partial charge in [0.1, 0.15) is 0 Å². The van der Waals surface area contributed by atoms with Gasteiger partial charge in [-0.15, -0.1) is 0 Å². The minimum Gasteiger partial charge on any atom is -0.480 e. The van der Waals surface area contributed by atoms with Gasteiger partial charge in [-0.05, 0) is 30.5 Å². The molecule has 0 aromatic heterocycles. The van der Waals surface area contributed by atoms with Gasteiger partial charge in [-0.25, -0.2) is 8.42 Å². The predicted molar refractivity (Wildman–Crippen MR) is 70.2 cm³/mol. The smallest absolute Gasteiger partial charge is 0.323 e. The van der Waals surface area contributed by atoms with Crippen LogP contribution in [0.25, 0.3) is 0 Å². The van der Waals surface area contributed by atoms with Gasteiger partial charge >= 0.3 is 5.97 Å². The lowest BCUT2D eigenvalue weighted by molar-refractivity contribution is -0.136. The first-order valence-corrected chi connectivity index (χ1v) is 7.13. The number of sulfonamides is 1. The highest BCUT2D eigenvalue weighted by Gasteiger charge is 2.27. The van der Waals surface area contributed by atoms with Crippen molar-refractivity contribution in [2.75, 3.05) is 4.72 Å². The molecule has 0 aliphatic rings. The number of hydrogen-bond donors (Lipinski definition) is 2. The Bertz CT molecular complexity index is 520. The molecule has 100 valence electrons. The number of benzene rings is 1. The largest absolute Gasteiger partial charge is 0.480 e. The van der Waals surface area contributed by atoms with Crippen LogP contribution in [0.5, 0.6) is 0 Å². The van der Waals surface area contributed by atoms with E-state index in [0.29, 0.717) is 11.6 Å². The van der Waals surface area contributed by atoms with Crippen molar-refractivity contribution >= 4 is 21.7 Å². The Morgan fingerprint density at radius 1 is 1.17 bits per heavy atom. The van der Waals surface area contributed by atoms with Gasteiger partial charge in [-0.1, -0.05) is 26.0 Å². The highest BCUT2D eigenvalue weighted by atomic mass is 32.2. The summed E-state index contributed by atoms with van der Waals surface area (Å²) in [6.45, 7) is 5.20. The third kappa shape index (κ3) is 3.46. The van der Waals surface area contributed by atoms with Crippen LogP contribution in [-0.4, -0.2) is 24.7 Å². The molecule has 1 aromatic rings. The molecule has 1 aromatic carbocycles. The van der Waals surface area contributed by atoms with Gasteiger partial charge in [0.2, 0.25) is 10.0 Å². The van der Waals surface area contributed by atoms with E-state index in [1.807, 2.05) is 26.0 Å². The van der Waals surface area contributed by atoms with Gasteiger partial charge < -0.3 is 5.11 Å².